The van der Waals surface area contributed by atoms with Crippen LogP contribution in [0.3, 0.4) is 0 Å². The highest BCUT2D eigenvalue weighted by Crippen LogP contribution is 2.23. The molecule has 0 bridgehead atoms. The maximum atomic E-state index is 13.1. The molecule has 2 aromatic heterocycles. The lowest BCUT2D eigenvalue weighted by atomic mass is 10.1. The normalized spacial score (nSPS) is 11.0. The van der Waals surface area contributed by atoms with E-state index in [0.717, 1.165) is 5.56 Å². The second-order valence-electron chi connectivity index (χ2n) is 4.15. The van der Waals surface area contributed by atoms with Crippen molar-refractivity contribution in [1.82, 2.24) is 4.98 Å². The molecular weight excluding hydrogens is 233 g/mol. The zero-order chi connectivity index (χ0) is 12.7. The Labute approximate surface area is 102 Å². The molecule has 18 heavy (non-hydrogen) atoms. The van der Waals surface area contributed by atoms with E-state index in [2.05, 4.69) is 4.98 Å². The molecule has 0 aliphatic heterocycles. The van der Waals surface area contributed by atoms with Gasteiger partial charge in [-0.05, 0) is 36.8 Å². The van der Waals surface area contributed by atoms with Crippen LogP contribution in [0.25, 0.3) is 10.9 Å². The summed E-state index contributed by atoms with van der Waals surface area (Å²) >= 11 is 0. The number of hydrogen-bond acceptors (Lipinski definition) is 2. The largest absolute Gasteiger partial charge is 0.461 e. The zero-order valence-electron chi connectivity index (χ0n) is 9.66. The quantitative estimate of drug-likeness (QED) is 0.701. The van der Waals surface area contributed by atoms with Gasteiger partial charge in [0.25, 0.3) is 0 Å². The van der Waals surface area contributed by atoms with E-state index in [1.807, 2.05) is 6.92 Å². The highest BCUT2D eigenvalue weighted by Gasteiger charge is 2.18. The Morgan fingerprint density at radius 1 is 1.33 bits per heavy atom. The van der Waals surface area contributed by atoms with Crippen LogP contribution in [-0.2, 0) is 0 Å². The maximum absolute atomic E-state index is 13.1. The summed E-state index contributed by atoms with van der Waals surface area (Å²) in [5, 5.41) is 0.692. The summed E-state index contributed by atoms with van der Waals surface area (Å²) < 4.78 is 18.2. The van der Waals surface area contributed by atoms with Crippen LogP contribution in [0.15, 0.2) is 41.1 Å². The highest BCUT2D eigenvalue weighted by atomic mass is 19.1. The molecule has 0 amide bonds. The number of hydrogen-bond donors (Lipinski definition) is 1. The Kier molecular flexibility index (Phi) is 2.30. The number of rotatable bonds is 2. The van der Waals surface area contributed by atoms with Gasteiger partial charge in [-0.25, -0.2) is 4.39 Å². The third-order valence-corrected chi connectivity index (χ3v) is 2.96. The molecule has 2 heterocycles. The molecule has 0 aliphatic carbocycles. The molecule has 0 saturated heterocycles. The standard InChI is InChI=1S/C14H10FNO2/c1-8-4-5-18-14(8)13(17)11-7-16-12-6-9(15)2-3-10(11)12/h2-7,16H,1H3. The fourth-order valence-corrected chi connectivity index (χ4v) is 2.01. The molecular formula is C14H10FNO2. The van der Waals surface area contributed by atoms with Gasteiger partial charge in [-0.15, -0.1) is 0 Å². The van der Waals surface area contributed by atoms with Crippen LogP contribution in [0.4, 0.5) is 4.39 Å². The molecule has 0 radical (unpaired) electrons. The lowest BCUT2D eigenvalue weighted by molar-refractivity contribution is 0.101. The zero-order valence-corrected chi connectivity index (χ0v) is 9.66. The smallest absolute Gasteiger partial charge is 0.230 e. The molecule has 1 N–H and O–H groups in total. The van der Waals surface area contributed by atoms with Crippen molar-refractivity contribution in [3.05, 3.63) is 59.4 Å². The summed E-state index contributed by atoms with van der Waals surface area (Å²) in [6.45, 7) is 1.81. The molecule has 3 nitrogen and oxygen atoms in total. The third-order valence-electron chi connectivity index (χ3n) is 2.96. The van der Waals surface area contributed by atoms with Gasteiger partial charge >= 0.3 is 0 Å². The minimum absolute atomic E-state index is 0.199. The van der Waals surface area contributed by atoms with Gasteiger partial charge in [0.1, 0.15) is 5.82 Å². The second kappa shape index (κ2) is 3.84. The minimum Gasteiger partial charge on any atom is -0.461 e. The van der Waals surface area contributed by atoms with Gasteiger partial charge in [0.15, 0.2) is 5.76 Å². The first kappa shape index (κ1) is 10.8. The van der Waals surface area contributed by atoms with E-state index in [4.69, 9.17) is 4.42 Å². The Morgan fingerprint density at radius 3 is 2.89 bits per heavy atom. The number of nitrogens with one attached hydrogen (secondary N) is 1. The van der Waals surface area contributed by atoms with E-state index < -0.39 is 0 Å². The Bertz CT molecular complexity index is 739. The number of carbonyl (C=O) groups is 1. The van der Waals surface area contributed by atoms with Gasteiger partial charge in [-0.3, -0.25) is 4.79 Å². The predicted molar refractivity (Wildman–Crippen MR) is 65.1 cm³/mol. The van der Waals surface area contributed by atoms with Crippen LogP contribution in [0, 0.1) is 12.7 Å². The van der Waals surface area contributed by atoms with Crippen LogP contribution < -0.4 is 0 Å². The van der Waals surface area contributed by atoms with Crippen LogP contribution in [0.5, 0.6) is 0 Å². The molecule has 1 aromatic carbocycles. The first-order valence-electron chi connectivity index (χ1n) is 5.52. The second-order valence-corrected chi connectivity index (χ2v) is 4.15. The van der Waals surface area contributed by atoms with Crippen molar-refractivity contribution in [3.8, 4) is 0 Å². The lowest BCUT2D eigenvalue weighted by Gasteiger charge is -1.97. The van der Waals surface area contributed by atoms with E-state index in [-0.39, 0.29) is 11.6 Å². The van der Waals surface area contributed by atoms with Gasteiger partial charge in [-0.2, -0.15) is 0 Å². The molecule has 0 saturated carbocycles. The fraction of sp³-hybridized carbons (Fsp3) is 0.0714. The third kappa shape index (κ3) is 1.54. The molecule has 3 rings (SSSR count). The number of aromatic nitrogens is 1. The van der Waals surface area contributed by atoms with Crippen molar-refractivity contribution in [1.29, 1.82) is 0 Å². The van der Waals surface area contributed by atoms with Gasteiger partial charge in [0, 0.05) is 17.1 Å². The molecule has 0 unspecified atom stereocenters. The molecule has 4 heteroatoms. The average Bonchev–Trinajstić information content (AvgIpc) is 2.94. The van der Waals surface area contributed by atoms with Gasteiger partial charge < -0.3 is 9.40 Å². The molecule has 3 aromatic rings. The number of fused-ring (bicyclic) bond motifs is 1. The Balaban J connectivity index is 2.16. The molecule has 0 aliphatic rings. The van der Waals surface area contributed by atoms with Gasteiger partial charge in [0.2, 0.25) is 5.78 Å². The number of ketones is 1. The number of aryl methyl sites for hydroxylation is 1. The summed E-state index contributed by atoms with van der Waals surface area (Å²) in [6.07, 6.45) is 3.06. The van der Waals surface area contributed by atoms with Crippen molar-refractivity contribution in [2.24, 2.45) is 0 Å². The Hall–Kier alpha value is -2.36. The summed E-state index contributed by atoms with van der Waals surface area (Å²) in [4.78, 5) is 15.2. The Morgan fingerprint density at radius 2 is 2.17 bits per heavy atom. The van der Waals surface area contributed by atoms with Crippen molar-refractivity contribution in [3.63, 3.8) is 0 Å². The monoisotopic (exact) mass is 243 g/mol. The van der Waals surface area contributed by atoms with Gasteiger partial charge in [-0.1, -0.05) is 0 Å². The van der Waals surface area contributed by atoms with Crippen molar-refractivity contribution < 1.29 is 13.6 Å². The van der Waals surface area contributed by atoms with E-state index >= 15 is 0 Å². The van der Waals surface area contributed by atoms with E-state index in [1.165, 1.54) is 18.4 Å². The highest BCUT2D eigenvalue weighted by molar-refractivity contribution is 6.15. The van der Waals surface area contributed by atoms with Crippen LogP contribution >= 0.6 is 0 Å². The van der Waals surface area contributed by atoms with Crippen LogP contribution in [0.2, 0.25) is 0 Å². The van der Waals surface area contributed by atoms with E-state index in [0.29, 0.717) is 22.2 Å². The van der Waals surface area contributed by atoms with E-state index in [1.54, 1.807) is 18.3 Å². The predicted octanol–water partition coefficient (Wildman–Crippen LogP) is 3.44. The minimum atomic E-state index is -0.336. The average molecular weight is 243 g/mol. The number of H-pyrrole nitrogens is 1. The maximum Gasteiger partial charge on any atom is 0.230 e. The SMILES string of the molecule is Cc1ccoc1C(=O)c1c[nH]c2cc(F)ccc12. The number of halogens is 1. The fourth-order valence-electron chi connectivity index (χ4n) is 2.01. The van der Waals surface area contributed by atoms with Crippen molar-refractivity contribution >= 4 is 16.7 Å². The molecule has 0 fully saturated rings. The summed E-state index contributed by atoms with van der Waals surface area (Å²) in [5.41, 5.74) is 1.88. The van der Waals surface area contributed by atoms with Crippen molar-refractivity contribution in [2.45, 2.75) is 6.92 Å². The summed E-state index contributed by atoms with van der Waals surface area (Å²) in [7, 11) is 0. The summed E-state index contributed by atoms with van der Waals surface area (Å²) in [6, 6.07) is 6.03. The first-order chi connectivity index (χ1) is 8.66. The number of benzene rings is 1. The topological polar surface area (TPSA) is 46.0 Å². The number of furan rings is 1. The van der Waals surface area contributed by atoms with Gasteiger partial charge in [0.05, 0.1) is 11.8 Å². The van der Waals surface area contributed by atoms with Crippen LogP contribution in [-0.4, -0.2) is 10.8 Å². The number of carbonyl (C=O) groups excluding carboxylic acids is 1. The molecule has 0 atom stereocenters. The first-order valence-corrected chi connectivity index (χ1v) is 5.52. The summed E-state index contributed by atoms with van der Waals surface area (Å²) in [5.74, 6) is -0.215. The van der Waals surface area contributed by atoms with Crippen molar-refractivity contribution in [2.75, 3.05) is 0 Å². The lowest BCUT2D eigenvalue weighted by Crippen LogP contribution is -2.00. The van der Waals surface area contributed by atoms with Crippen LogP contribution in [0.1, 0.15) is 21.7 Å². The molecule has 0 spiro atoms. The number of aromatic amines is 1. The molecule has 90 valence electrons. The van der Waals surface area contributed by atoms with E-state index in [9.17, 15) is 9.18 Å².